The van der Waals surface area contributed by atoms with Gasteiger partial charge in [-0.2, -0.15) is 0 Å². The lowest BCUT2D eigenvalue weighted by atomic mass is 10.1. The number of ether oxygens (including phenoxy) is 1. The zero-order valence-electron chi connectivity index (χ0n) is 16.2. The van der Waals surface area contributed by atoms with Crippen LogP contribution >= 0.6 is 0 Å². The number of hydrogen-bond donors (Lipinski definition) is 1. The predicted octanol–water partition coefficient (Wildman–Crippen LogP) is 3.07. The van der Waals surface area contributed by atoms with Gasteiger partial charge in [-0.1, -0.05) is 17.7 Å². The molecular formula is C20H22N2O5S. The molecule has 7 nitrogen and oxygen atoms in total. The van der Waals surface area contributed by atoms with Gasteiger partial charge in [-0.25, -0.2) is 13.3 Å². The summed E-state index contributed by atoms with van der Waals surface area (Å²) >= 11 is 0. The fourth-order valence-corrected chi connectivity index (χ4v) is 4.61. The second kappa shape index (κ2) is 7.27. The molecule has 1 fully saturated rings. The third kappa shape index (κ3) is 3.60. The monoisotopic (exact) mass is 402 g/mol. The third-order valence-corrected chi connectivity index (χ3v) is 6.01. The van der Waals surface area contributed by atoms with E-state index in [4.69, 9.17) is 4.74 Å². The second-order valence-corrected chi connectivity index (χ2v) is 8.52. The minimum absolute atomic E-state index is 0.0600. The molecule has 2 amide bonds. The maximum Gasteiger partial charge on any atom is 0.261 e. The van der Waals surface area contributed by atoms with Crippen LogP contribution in [0.2, 0.25) is 0 Å². The molecule has 8 heteroatoms. The highest BCUT2D eigenvalue weighted by Crippen LogP contribution is 2.35. The van der Waals surface area contributed by atoms with E-state index in [1.54, 1.807) is 0 Å². The maximum atomic E-state index is 13.0. The Labute approximate surface area is 164 Å². The van der Waals surface area contributed by atoms with E-state index in [9.17, 15) is 18.0 Å². The molecule has 0 unspecified atom stereocenters. The van der Waals surface area contributed by atoms with Crippen LogP contribution < -0.4 is 14.4 Å². The van der Waals surface area contributed by atoms with Gasteiger partial charge in [-0.05, 0) is 50.1 Å². The Bertz CT molecular complexity index is 1040. The maximum absolute atomic E-state index is 13.0. The number of anilines is 2. The molecule has 2 aromatic rings. The zero-order valence-corrected chi connectivity index (χ0v) is 17.0. The van der Waals surface area contributed by atoms with E-state index in [0.29, 0.717) is 5.69 Å². The average Bonchev–Trinajstić information content (AvgIpc) is 2.96. The van der Waals surface area contributed by atoms with Crippen LogP contribution in [0.1, 0.15) is 29.5 Å². The lowest BCUT2D eigenvalue weighted by molar-refractivity contribution is -0.121. The van der Waals surface area contributed by atoms with Gasteiger partial charge >= 0.3 is 0 Å². The minimum atomic E-state index is -3.94. The number of rotatable bonds is 5. The van der Waals surface area contributed by atoms with Crippen molar-refractivity contribution in [1.29, 1.82) is 0 Å². The number of imide groups is 1. The zero-order chi connectivity index (χ0) is 20.6. The normalized spacial score (nSPS) is 14.5. The van der Waals surface area contributed by atoms with Crippen LogP contribution in [0.4, 0.5) is 11.4 Å². The van der Waals surface area contributed by atoms with Crippen LogP contribution in [0.15, 0.2) is 35.2 Å². The fraction of sp³-hybridized carbons (Fsp3) is 0.300. The Morgan fingerprint density at radius 1 is 0.964 bits per heavy atom. The minimum Gasteiger partial charge on any atom is -0.495 e. The number of nitrogens with one attached hydrogen (secondary N) is 1. The van der Waals surface area contributed by atoms with Crippen molar-refractivity contribution in [1.82, 2.24) is 0 Å². The summed E-state index contributed by atoms with van der Waals surface area (Å²) in [5.74, 6) is -0.502. The van der Waals surface area contributed by atoms with E-state index >= 15 is 0 Å². The van der Waals surface area contributed by atoms with Gasteiger partial charge in [-0.3, -0.25) is 14.3 Å². The second-order valence-electron chi connectivity index (χ2n) is 6.84. The SMILES string of the molecule is COc1ccc(S(=O)(=O)Nc2c(C)cc(C)cc2C)cc1N1C(=O)CCC1=O. The first-order chi connectivity index (χ1) is 13.1. The van der Waals surface area contributed by atoms with Crippen LogP contribution in [0.3, 0.4) is 0 Å². The molecule has 0 radical (unpaired) electrons. The number of benzene rings is 2. The summed E-state index contributed by atoms with van der Waals surface area (Å²) in [5.41, 5.74) is 3.29. The molecule has 148 valence electrons. The van der Waals surface area contributed by atoms with Crippen LogP contribution in [-0.2, 0) is 19.6 Å². The van der Waals surface area contributed by atoms with Gasteiger partial charge in [0.05, 0.1) is 23.4 Å². The Balaban J connectivity index is 2.05. The van der Waals surface area contributed by atoms with Crippen molar-refractivity contribution >= 4 is 33.2 Å². The molecular weight excluding hydrogens is 380 g/mol. The van der Waals surface area contributed by atoms with Crippen molar-refractivity contribution in [2.24, 2.45) is 0 Å². The molecule has 1 aliphatic heterocycles. The molecule has 0 atom stereocenters. The van der Waals surface area contributed by atoms with E-state index in [0.717, 1.165) is 21.6 Å². The number of methoxy groups -OCH3 is 1. The molecule has 3 rings (SSSR count). The van der Waals surface area contributed by atoms with Gasteiger partial charge < -0.3 is 4.74 Å². The smallest absolute Gasteiger partial charge is 0.261 e. The highest BCUT2D eigenvalue weighted by molar-refractivity contribution is 7.92. The summed E-state index contributed by atoms with van der Waals surface area (Å²) in [4.78, 5) is 25.1. The number of sulfonamides is 1. The first-order valence-corrected chi connectivity index (χ1v) is 10.3. The first kappa shape index (κ1) is 19.9. The quantitative estimate of drug-likeness (QED) is 0.776. The molecule has 1 saturated heterocycles. The summed E-state index contributed by atoms with van der Waals surface area (Å²) < 4.78 is 33.8. The summed E-state index contributed by atoms with van der Waals surface area (Å²) in [5, 5.41) is 0. The number of aryl methyl sites for hydroxylation is 3. The number of carbonyl (C=O) groups is 2. The Morgan fingerprint density at radius 2 is 1.54 bits per heavy atom. The van der Waals surface area contributed by atoms with Crippen LogP contribution in [0, 0.1) is 20.8 Å². The van der Waals surface area contributed by atoms with Crippen LogP contribution in [0.25, 0.3) is 0 Å². The van der Waals surface area contributed by atoms with E-state index in [1.807, 2.05) is 32.9 Å². The van der Waals surface area contributed by atoms with Gasteiger partial charge in [0, 0.05) is 12.8 Å². The number of nitrogens with zero attached hydrogens (tertiary/aromatic N) is 1. The molecule has 0 spiro atoms. The Hall–Kier alpha value is -2.87. The molecule has 0 saturated carbocycles. The van der Waals surface area contributed by atoms with Crippen molar-refractivity contribution in [2.75, 3.05) is 16.7 Å². The number of carbonyl (C=O) groups excluding carboxylic acids is 2. The fourth-order valence-electron chi connectivity index (χ4n) is 3.39. The molecule has 0 aromatic heterocycles. The van der Waals surface area contributed by atoms with E-state index < -0.39 is 10.0 Å². The molecule has 28 heavy (non-hydrogen) atoms. The Kier molecular flexibility index (Phi) is 5.16. The lowest BCUT2D eigenvalue weighted by Crippen LogP contribution is -2.29. The van der Waals surface area contributed by atoms with Crippen LogP contribution in [-0.4, -0.2) is 27.3 Å². The first-order valence-electron chi connectivity index (χ1n) is 8.78. The van der Waals surface area contributed by atoms with E-state index in [-0.39, 0.29) is 41.0 Å². The molecule has 1 aliphatic rings. The molecule has 0 aliphatic carbocycles. The molecule has 1 N–H and O–H groups in total. The topological polar surface area (TPSA) is 92.8 Å². The largest absolute Gasteiger partial charge is 0.495 e. The van der Waals surface area contributed by atoms with Crippen molar-refractivity contribution in [3.05, 3.63) is 47.0 Å². The highest BCUT2D eigenvalue weighted by Gasteiger charge is 2.33. The third-order valence-electron chi connectivity index (χ3n) is 4.67. The number of amides is 2. The van der Waals surface area contributed by atoms with E-state index in [2.05, 4.69) is 4.72 Å². The summed E-state index contributed by atoms with van der Waals surface area (Å²) in [6.07, 6.45) is 0.192. The van der Waals surface area contributed by atoms with Crippen molar-refractivity contribution in [3.63, 3.8) is 0 Å². The van der Waals surface area contributed by atoms with Gasteiger partial charge in [0.25, 0.3) is 10.0 Å². The summed E-state index contributed by atoms with van der Waals surface area (Å²) in [7, 11) is -2.54. The van der Waals surface area contributed by atoms with Crippen molar-refractivity contribution in [2.45, 2.75) is 38.5 Å². The van der Waals surface area contributed by atoms with E-state index in [1.165, 1.54) is 25.3 Å². The van der Waals surface area contributed by atoms with Gasteiger partial charge in [0.2, 0.25) is 11.8 Å². The van der Waals surface area contributed by atoms with Crippen LogP contribution in [0.5, 0.6) is 5.75 Å². The summed E-state index contributed by atoms with van der Waals surface area (Å²) in [6.45, 7) is 5.61. The summed E-state index contributed by atoms with van der Waals surface area (Å²) in [6, 6.07) is 7.91. The van der Waals surface area contributed by atoms with Gasteiger partial charge in [0.1, 0.15) is 5.75 Å². The molecule has 2 aromatic carbocycles. The van der Waals surface area contributed by atoms with Crippen molar-refractivity contribution < 1.29 is 22.7 Å². The number of hydrogen-bond acceptors (Lipinski definition) is 5. The Morgan fingerprint density at radius 3 is 2.07 bits per heavy atom. The van der Waals surface area contributed by atoms with Crippen molar-refractivity contribution in [3.8, 4) is 5.75 Å². The lowest BCUT2D eigenvalue weighted by Gasteiger charge is -2.19. The van der Waals surface area contributed by atoms with Gasteiger partial charge in [0.15, 0.2) is 0 Å². The molecule has 0 bridgehead atoms. The average molecular weight is 402 g/mol. The van der Waals surface area contributed by atoms with Gasteiger partial charge in [-0.15, -0.1) is 0 Å². The predicted molar refractivity (Wildman–Crippen MR) is 106 cm³/mol. The standard InChI is InChI=1S/C20H22N2O5S/c1-12-9-13(2)20(14(3)10-12)21-28(25,26)15-5-6-17(27-4)16(11-15)22-18(23)7-8-19(22)24/h5-6,9-11,21H,7-8H2,1-4H3. The highest BCUT2D eigenvalue weighted by atomic mass is 32.2. The molecule has 1 heterocycles.